The van der Waals surface area contributed by atoms with E-state index in [-0.39, 0.29) is 29.2 Å². The van der Waals surface area contributed by atoms with Crippen molar-refractivity contribution < 1.29 is 38.6 Å². The largest absolute Gasteiger partial charge is 0.453 e. The molecule has 5 amide bonds. The van der Waals surface area contributed by atoms with E-state index in [1.165, 1.54) is 25.3 Å². The monoisotopic (exact) mass is 930 g/mol. The van der Waals surface area contributed by atoms with E-state index in [9.17, 15) is 29.1 Å². The number of methoxy groups -OCH3 is 2. The number of hydrogen-bond donors (Lipinski definition) is 5. The minimum absolute atomic E-state index is 0.103. The molecule has 0 spiro atoms. The van der Waals surface area contributed by atoms with Crippen molar-refractivity contribution in [2.75, 3.05) is 26.1 Å². The normalized spacial score (nSPS) is 21.4. The second-order valence-corrected chi connectivity index (χ2v) is 19.4. The van der Waals surface area contributed by atoms with Gasteiger partial charge in [0.2, 0.25) is 11.6 Å². The molecular weight excluding hydrogens is 863 g/mol. The zero-order valence-electron chi connectivity index (χ0n) is 40.2. The third-order valence-corrected chi connectivity index (χ3v) is 15.1. The maximum absolute atomic E-state index is 14.6. The van der Waals surface area contributed by atoms with Crippen LogP contribution >= 0.6 is 0 Å². The van der Waals surface area contributed by atoms with E-state index >= 15 is 0 Å². The van der Waals surface area contributed by atoms with Crippen LogP contribution in [-0.2, 0) is 29.3 Å². The van der Waals surface area contributed by atoms with Crippen LogP contribution in [0.1, 0.15) is 139 Å². The highest BCUT2D eigenvalue weighted by Crippen LogP contribution is 2.55. The Bertz CT molecular complexity index is 2500. The van der Waals surface area contributed by atoms with Crippen molar-refractivity contribution in [3.8, 4) is 22.4 Å². The molecule has 3 aromatic carbocycles. The number of aliphatic hydroxyl groups is 1. The van der Waals surface area contributed by atoms with E-state index < -0.39 is 47.9 Å². The molecule has 3 fully saturated rings. The molecule has 1 aromatic heterocycles. The number of likely N-dealkylation sites (tertiary alicyclic amines) is 2. The summed E-state index contributed by atoms with van der Waals surface area (Å²) in [6.07, 6.45) is 10.6. The molecule has 1 saturated carbocycles. The Labute approximate surface area is 399 Å². The van der Waals surface area contributed by atoms with Crippen molar-refractivity contribution in [2.24, 2.45) is 11.8 Å². The van der Waals surface area contributed by atoms with Gasteiger partial charge in [-0.1, -0.05) is 108 Å². The first kappa shape index (κ1) is 48.2. The second kappa shape index (κ2) is 20.2. The summed E-state index contributed by atoms with van der Waals surface area (Å²) in [6.45, 7) is 8.16. The number of hydrogen-bond acceptors (Lipinski definition) is 9. The highest BCUT2D eigenvalue weighted by molar-refractivity contribution is 6.00. The minimum atomic E-state index is -2.16. The fourth-order valence-electron chi connectivity index (χ4n) is 11.5. The van der Waals surface area contributed by atoms with E-state index in [1.54, 1.807) is 42.0 Å². The summed E-state index contributed by atoms with van der Waals surface area (Å²) in [5.74, 6) is -1.01. The molecule has 362 valence electrons. The third kappa shape index (κ3) is 8.97. The minimum Gasteiger partial charge on any atom is -0.453 e. The van der Waals surface area contributed by atoms with Crippen molar-refractivity contribution in [3.05, 3.63) is 95.4 Å². The molecule has 4 aromatic rings. The summed E-state index contributed by atoms with van der Waals surface area (Å²) < 4.78 is 9.67. The number of amides is 5. The molecule has 0 bridgehead atoms. The molecular formula is C53H67N7O8. The van der Waals surface area contributed by atoms with Crippen molar-refractivity contribution in [3.63, 3.8) is 0 Å². The van der Waals surface area contributed by atoms with Gasteiger partial charge in [-0.25, -0.2) is 14.6 Å². The first-order valence-electron chi connectivity index (χ1n) is 24.5. The van der Waals surface area contributed by atoms with Gasteiger partial charge in [0, 0.05) is 29.6 Å². The highest BCUT2D eigenvalue weighted by atomic mass is 16.5. The Hall–Kier alpha value is -6.22. The average Bonchev–Trinajstić information content (AvgIpc) is 4.20. The molecule has 5 N–H and O–H groups in total. The summed E-state index contributed by atoms with van der Waals surface area (Å²) in [5.41, 5.74) is 5.24. The lowest BCUT2D eigenvalue weighted by atomic mass is 9.70. The first-order chi connectivity index (χ1) is 32.8. The number of fused-ring (bicyclic) bond motifs is 4. The van der Waals surface area contributed by atoms with Crippen LogP contribution in [0.4, 0.5) is 15.3 Å². The summed E-state index contributed by atoms with van der Waals surface area (Å²) in [7, 11) is 2.46. The Morgan fingerprint density at radius 1 is 0.882 bits per heavy atom. The smallest absolute Gasteiger partial charge is 0.409 e. The number of imidazole rings is 1. The number of carbonyl (C=O) groups excluding carboxylic acids is 5. The van der Waals surface area contributed by atoms with Crippen LogP contribution in [0.3, 0.4) is 0 Å². The number of aromatic nitrogens is 2. The lowest BCUT2D eigenvalue weighted by Crippen LogP contribution is -2.62. The number of unbranched alkanes of at least 4 members (excludes halogenated alkanes) is 2. The summed E-state index contributed by atoms with van der Waals surface area (Å²) in [4.78, 5) is 79.7. The number of H-pyrrole nitrogens is 1. The van der Waals surface area contributed by atoms with Gasteiger partial charge < -0.3 is 40.0 Å². The number of benzene rings is 3. The summed E-state index contributed by atoms with van der Waals surface area (Å²) >= 11 is 0. The van der Waals surface area contributed by atoms with Gasteiger partial charge in [-0.2, -0.15) is 0 Å². The molecule has 2 aliphatic carbocycles. The molecule has 0 radical (unpaired) electrons. The molecule has 2 aliphatic heterocycles. The number of ether oxygens (including phenoxy) is 2. The van der Waals surface area contributed by atoms with Gasteiger partial charge in [0.25, 0.3) is 11.8 Å². The number of alkyl carbamates (subject to hydrolysis) is 2. The van der Waals surface area contributed by atoms with Crippen LogP contribution in [0.15, 0.2) is 72.9 Å². The maximum atomic E-state index is 14.6. The van der Waals surface area contributed by atoms with E-state index in [4.69, 9.17) is 14.5 Å². The Morgan fingerprint density at radius 2 is 1.57 bits per heavy atom. The number of aromatic amines is 1. The molecule has 8 rings (SSSR count). The van der Waals surface area contributed by atoms with Crippen molar-refractivity contribution in [1.29, 1.82) is 0 Å². The van der Waals surface area contributed by atoms with E-state index in [2.05, 4.69) is 65.1 Å². The van der Waals surface area contributed by atoms with Crippen LogP contribution < -0.4 is 16.0 Å². The number of nitrogens with one attached hydrogen (secondary N) is 4. The summed E-state index contributed by atoms with van der Waals surface area (Å²) in [5, 5.41) is 19.9. The molecule has 3 heterocycles. The quantitative estimate of drug-likeness (QED) is 0.0682. The Morgan fingerprint density at radius 3 is 2.25 bits per heavy atom. The highest BCUT2D eigenvalue weighted by Gasteiger charge is 2.51. The predicted molar refractivity (Wildman–Crippen MR) is 258 cm³/mol. The lowest BCUT2D eigenvalue weighted by molar-refractivity contribution is -0.161. The van der Waals surface area contributed by atoms with Crippen LogP contribution in [0.25, 0.3) is 22.4 Å². The standard InChI is InChI=1S/C53H67N7O8/c1-7-9-25-52(26-10-8-2)39-28-34(41-31-54-46(56-41)43-20-15-27-59(43)49(63)53(66,32(3)4)58-51(65)68-6)21-23-37(39)38-24-22-36(30-40(38)52)55-47(61)44-29-35-18-14-19-42(35)60(44)48(62)45(57-50(64)67-5)33-16-12-11-13-17-33/h11-13,16-17,21-24,28,30-32,35,42-45,66H,7-10,14-15,18-20,25-27,29H2,1-6H3,(H,54,56)(H,55,61)(H,57,64)(H,58,65)/t35-,42-,43+,44+,45-,53?/m1/s1. The van der Waals surface area contributed by atoms with Crippen molar-refractivity contribution in [2.45, 2.75) is 140 Å². The Kier molecular flexibility index (Phi) is 14.3. The van der Waals surface area contributed by atoms with E-state index in [1.807, 2.05) is 24.3 Å². The van der Waals surface area contributed by atoms with Gasteiger partial charge in [-0.05, 0) is 102 Å². The van der Waals surface area contributed by atoms with Crippen LogP contribution in [-0.4, -0.2) is 93.4 Å². The average molecular weight is 930 g/mol. The second-order valence-electron chi connectivity index (χ2n) is 19.4. The van der Waals surface area contributed by atoms with Crippen molar-refractivity contribution >= 4 is 35.6 Å². The topological polar surface area (TPSA) is 195 Å². The van der Waals surface area contributed by atoms with E-state index in [0.717, 1.165) is 80.2 Å². The molecule has 4 aliphatic rings. The van der Waals surface area contributed by atoms with Gasteiger partial charge in [0.15, 0.2) is 0 Å². The zero-order valence-corrected chi connectivity index (χ0v) is 40.2. The van der Waals surface area contributed by atoms with Gasteiger partial charge in [-0.15, -0.1) is 0 Å². The molecule has 15 nitrogen and oxygen atoms in total. The number of carbonyl (C=O) groups is 5. The SMILES string of the molecule is CCCCC1(CCCC)c2cc(NC(=O)[C@@H]3C[C@H]4CCC[C@H]4N3C(=O)[C@H](NC(=O)OC)c3ccccc3)ccc2-c2ccc(-c3cnc([C@@H]4CCCN4C(=O)C(O)(NC(=O)OC)C(C)C)[nH]3)cc21. The van der Waals surface area contributed by atoms with Gasteiger partial charge in [0.05, 0.1) is 32.2 Å². The predicted octanol–water partition coefficient (Wildman–Crippen LogP) is 8.89. The number of rotatable bonds is 16. The fourth-order valence-corrected chi connectivity index (χ4v) is 11.5. The molecule has 15 heteroatoms. The van der Waals surface area contributed by atoms with E-state index in [0.29, 0.717) is 42.9 Å². The molecule has 68 heavy (non-hydrogen) atoms. The maximum Gasteiger partial charge on any atom is 0.409 e. The van der Waals surface area contributed by atoms with Crippen LogP contribution in [0.5, 0.6) is 0 Å². The number of nitrogens with zero attached hydrogens (tertiary/aromatic N) is 3. The fraction of sp³-hybridized carbons (Fsp3) is 0.509. The van der Waals surface area contributed by atoms with Gasteiger partial charge in [-0.3, -0.25) is 19.7 Å². The molecule has 2 saturated heterocycles. The third-order valence-electron chi connectivity index (χ3n) is 15.1. The zero-order chi connectivity index (χ0) is 48.3. The van der Waals surface area contributed by atoms with Gasteiger partial charge in [0.1, 0.15) is 17.9 Å². The summed E-state index contributed by atoms with van der Waals surface area (Å²) in [6, 6.07) is 19.6. The number of anilines is 1. The first-order valence-corrected chi connectivity index (χ1v) is 24.5. The lowest BCUT2D eigenvalue weighted by Gasteiger charge is -2.36. The Balaban J connectivity index is 1.09. The van der Waals surface area contributed by atoms with Crippen LogP contribution in [0, 0.1) is 11.8 Å². The van der Waals surface area contributed by atoms with Crippen molar-refractivity contribution in [1.82, 2.24) is 30.4 Å². The van der Waals surface area contributed by atoms with Gasteiger partial charge >= 0.3 is 12.2 Å². The van der Waals surface area contributed by atoms with Crippen LogP contribution in [0.2, 0.25) is 0 Å². The molecule has 1 unspecified atom stereocenters. The molecule has 6 atom stereocenters.